The van der Waals surface area contributed by atoms with Crippen LogP contribution < -0.4 is 4.74 Å². The van der Waals surface area contributed by atoms with Crippen LogP contribution in [-0.2, 0) is 14.2 Å². The molecule has 2 saturated heterocycles. The number of ether oxygens (including phenoxy) is 4. The van der Waals surface area contributed by atoms with E-state index < -0.39 is 4.92 Å². The highest BCUT2D eigenvalue weighted by atomic mass is 16.6. The van der Waals surface area contributed by atoms with Crippen molar-refractivity contribution in [2.75, 3.05) is 34.4 Å². The van der Waals surface area contributed by atoms with Gasteiger partial charge < -0.3 is 23.8 Å². The maximum atomic E-state index is 11.2. The van der Waals surface area contributed by atoms with Crippen molar-refractivity contribution in [3.63, 3.8) is 0 Å². The van der Waals surface area contributed by atoms with Gasteiger partial charge in [0.2, 0.25) is 0 Å². The van der Waals surface area contributed by atoms with Gasteiger partial charge in [0.05, 0.1) is 23.7 Å². The molecule has 4 atom stereocenters. The van der Waals surface area contributed by atoms with Crippen LogP contribution in [0.5, 0.6) is 5.75 Å². The molecule has 0 bridgehead atoms. The lowest BCUT2D eigenvalue weighted by molar-refractivity contribution is -0.385. The summed E-state index contributed by atoms with van der Waals surface area (Å²) in [4.78, 5) is 12.6. The van der Waals surface area contributed by atoms with E-state index in [0.717, 1.165) is 0 Å². The molecule has 2 fully saturated rings. The number of nitro benzene ring substituents is 1. The Balaban J connectivity index is 1.77. The molecule has 25 heavy (non-hydrogen) atoms. The van der Waals surface area contributed by atoms with Gasteiger partial charge in [-0.1, -0.05) is 0 Å². The average molecular weight is 350 g/mol. The van der Waals surface area contributed by atoms with Gasteiger partial charge in [-0.15, -0.1) is 0 Å². The highest BCUT2D eigenvalue weighted by Crippen LogP contribution is 2.32. The number of methoxy groups -OCH3 is 1. The van der Waals surface area contributed by atoms with Gasteiger partial charge in [0.25, 0.3) is 5.69 Å². The fourth-order valence-corrected chi connectivity index (χ4v) is 3.04. The summed E-state index contributed by atoms with van der Waals surface area (Å²) >= 11 is 0. The average Bonchev–Trinajstić information content (AvgIpc) is 3.15. The number of fused-ring (bicyclic) bond motifs is 1. The summed E-state index contributed by atoms with van der Waals surface area (Å²) in [7, 11) is 5.33. The van der Waals surface area contributed by atoms with Gasteiger partial charge >= 0.3 is 0 Å². The largest absolute Gasteiger partial charge is 0.485 e. The molecule has 2 aliphatic heterocycles. The van der Waals surface area contributed by atoms with Gasteiger partial charge in [-0.05, 0) is 24.4 Å². The molecule has 0 N–H and O–H groups in total. The number of rotatable bonds is 6. The summed E-state index contributed by atoms with van der Waals surface area (Å²) in [5, 5.41) is 11.2. The topological polar surface area (TPSA) is 83.3 Å². The maximum absolute atomic E-state index is 11.2. The lowest BCUT2D eigenvalue weighted by atomic mass is 10.1. The number of nitrogens with zero attached hydrogens (tertiary/aromatic N) is 2. The third-order valence-electron chi connectivity index (χ3n) is 4.30. The van der Waals surface area contributed by atoms with E-state index in [4.69, 9.17) is 18.9 Å². The summed E-state index contributed by atoms with van der Waals surface area (Å²) in [5.41, 5.74) is 0.510. The molecule has 0 spiro atoms. The molecule has 2 aliphatic rings. The van der Waals surface area contributed by atoms with Gasteiger partial charge in [-0.3, -0.25) is 10.1 Å². The predicted octanol–water partition coefficient (Wildman–Crippen LogP) is 1.69. The zero-order valence-corrected chi connectivity index (χ0v) is 14.5. The van der Waals surface area contributed by atoms with Crippen molar-refractivity contribution < 1.29 is 23.9 Å². The Kier molecular flexibility index (Phi) is 5.22. The number of benzene rings is 1. The van der Waals surface area contributed by atoms with Crippen LogP contribution in [0.25, 0.3) is 6.08 Å². The van der Waals surface area contributed by atoms with Crippen molar-refractivity contribution in [1.29, 1.82) is 0 Å². The zero-order valence-electron chi connectivity index (χ0n) is 14.5. The highest BCUT2D eigenvalue weighted by Gasteiger charge is 2.49. The number of hydrogen-bond acceptors (Lipinski definition) is 7. The minimum Gasteiger partial charge on any atom is -0.485 e. The van der Waals surface area contributed by atoms with E-state index >= 15 is 0 Å². The molecule has 0 aliphatic carbocycles. The Labute approximate surface area is 146 Å². The molecule has 8 nitrogen and oxygen atoms in total. The van der Waals surface area contributed by atoms with E-state index in [1.54, 1.807) is 31.5 Å². The van der Waals surface area contributed by atoms with E-state index in [-0.39, 0.29) is 30.1 Å². The van der Waals surface area contributed by atoms with Crippen LogP contribution in [0.15, 0.2) is 24.4 Å². The first-order valence-electron chi connectivity index (χ1n) is 8.05. The second-order valence-electron chi connectivity index (χ2n) is 6.28. The molecule has 1 aromatic carbocycles. The van der Waals surface area contributed by atoms with Gasteiger partial charge in [0.1, 0.15) is 24.1 Å². The maximum Gasteiger partial charge on any atom is 0.276 e. The Bertz CT molecular complexity index is 663. The third-order valence-corrected chi connectivity index (χ3v) is 4.30. The Morgan fingerprint density at radius 3 is 2.56 bits per heavy atom. The number of hydrogen-bond donors (Lipinski definition) is 0. The molecule has 136 valence electrons. The SMILES string of the molecule is CO[C@@H]1CO[C@H]2[C@@H]1OC[C@H]2Oc1ccc([N+](=O)[O-])c(C=CN(C)C)c1. The monoisotopic (exact) mass is 350 g/mol. The van der Waals surface area contributed by atoms with Crippen molar-refractivity contribution in [3.05, 3.63) is 40.1 Å². The molecule has 0 saturated carbocycles. The summed E-state index contributed by atoms with van der Waals surface area (Å²) in [5.74, 6) is 0.544. The molecule has 3 rings (SSSR count). The summed E-state index contributed by atoms with van der Waals surface area (Å²) in [6.07, 6.45) is 2.75. The second kappa shape index (κ2) is 7.38. The van der Waals surface area contributed by atoms with Gasteiger partial charge in [-0.2, -0.15) is 0 Å². The zero-order chi connectivity index (χ0) is 18.0. The van der Waals surface area contributed by atoms with Crippen molar-refractivity contribution in [3.8, 4) is 5.75 Å². The van der Waals surface area contributed by atoms with Crippen LogP contribution in [0, 0.1) is 10.1 Å². The van der Waals surface area contributed by atoms with Gasteiger partial charge in [0, 0.05) is 27.3 Å². The Morgan fingerprint density at radius 2 is 1.92 bits per heavy atom. The standard InChI is InChI=1S/C17H22N2O6/c1-18(2)7-6-11-8-12(4-5-13(11)19(20)21)25-15-10-24-16-14(22-3)9-23-17(15)16/h4-8,14-17H,9-10H2,1-3H3/t14-,15-,16-,17-/m1/s1. The quantitative estimate of drug-likeness (QED) is 0.570. The van der Waals surface area contributed by atoms with E-state index in [1.807, 2.05) is 19.0 Å². The second-order valence-corrected chi connectivity index (χ2v) is 6.28. The lowest BCUT2D eigenvalue weighted by Gasteiger charge is -2.18. The predicted molar refractivity (Wildman–Crippen MR) is 90.5 cm³/mol. The van der Waals surface area contributed by atoms with Crippen LogP contribution in [0.3, 0.4) is 0 Å². The number of nitro groups is 1. The molecule has 0 aromatic heterocycles. The molecule has 1 aromatic rings. The molecule has 0 unspecified atom stereocenters. The Hall–Kier alpha value is -2.16. The highest BCUT2D eigenvalue weighted by molar-refractivity contribution is 5.62. The summed E-state index contributed by atoms with van der Waals surface area (Å²) < 4.78 is 22.8. The van der Waals surface area contributed by atoms with Crippen molar-refractivity contribution in [2.45, 2.75) is 24.4 Å². The van der Waals surface area contributed by atoms with Crippen LogP contribution in [0.4, 0.5) is 5.69 Å². The molecular formula is C17H22N2O6. The van der Waals surface area contributed by atoms with Gasteiger partial charge in [0.15, 0.2) is 6.10 Å². The summed E-state index contributed by atoms with van der Waals surface area (Å²) in [6, 6.07) is 4.71. The first-order valence-corrected chi connectivity index (χ1v) is 8.05. The van der Waals surface area contributed by atoms with Crippen LogP contribution in [-0.4, -0.2) is 68.7 Å². The van der Waals surface area contributed by atoms with E-state index in [2.05, 4.69) is 0 Å². The van der Waals surface area contributed by atoms with E-state index in [0.29, 0.717) is 24.5 Å². The molecule has 0 radical (unpaired) electrons. The first-order chi connectivity index (χ1) is 12.0. The van der Waals surface area contributed by atoms with Crippen molar-refractivity contribution in [2.24, 2.45) is 0 Å². The fourth-order valence-electron chi connectivity index (χ4n) is 3.04. The van der Waals surface area contributed by atoms with Gasteiger partial charge in [-0.25, -0.2) is 0 Å². The normalized spacial score (nSPS) is 28.3. The minimum atomic E-state index is -0.406. The minimum absolute atomic E-state index is 0.0301. The molecule has 8 heteroatoms. The van der Waals surface area contributed by atoms with Crippen LogP contribution in [0.1, 0.15) is 5.56 Å². The van der Waals surface area contributed by atoms with E-state index in [1.165, 1.54) is 6.07 Å². The summed E-state index contributed by atoms with van der Waals surface area (Å²) in [6.45, 7) is 0.873. The lowest BCUT2D eigenvalue weighted by Crippen LogP contribution is -2.35. The van der Waals surface area contributed by atoms with E-state index in [9.17, 15) is 10.1 Å². The van der Waals surface area contributed by atoms with Crippen molar-refractivity contribution >= 4 is 11.8 Å². The fraction of sp³-hybridized carbons (Fsp3) is 0.529. The van der Waals surface area contributed by atoms with Crippen LogP contribution in [0.2, 0.25) is 0 Å². The van der Waals surface area contributed by atoms with Crippen LogP contribution >= 0.6 is 0 Å². The molecular weight excluding hydrogens is 328 g/mol. The Morgan fingerprint density at radius 1 is 1.24 bits per heavy atom. The van der Waals surface area contributed by atoms with Crippen molar-refractivity contribution in [1.82, 2.24) is 4.90 Å². The smallest absolute Gasteiger partial charge is 0.276 e. The first kappa shape index (κ1) is 17.7. The third kappa shape index (κ3) is 3.76. The molecule has 2 heterocycles. The molecule has 0 amide bonds.